The van der Waals surface area contributed by atoms with Crippen LogP contribution in [0.2, 0.25) is 0 Å². The van der Waals surface area contributed by atoms with Crippen LogP contribution in [-0.2, 0) is 5.41 Å². The fraction of sp³-hybridized carbons (Fsp3) is 0.160. The molecule has 0 saturated heterocycles. The molecular weight excluding hydrogens is 685 g/mol. The SMILES string of the molecule is CC12CCCCC1(C)N1c3ccccc3B3c4ccc(N(c5ccccc5)c5ccccc5)cc4N(c4cccc5c4sc4ccccc45)c4ccc2c1c43. The molecule has 4 heterocycles. The van der Waals surface area contributed by atoms with Gasteiger partial charge in [-0.15, -0.1) is 11.3 Å². The first-order chi connectivity index (χ1) is 27.0. The van der Waals surface area contributed by atoms with Crippen molar-refractivity contribution in [3.8, 4) is 0 Å². The van der Waals surface area contributed by atoms with Gasteiger partial charge in [-0.05, 0) is 102 Å². The van der Waals surface area contributed by atoms with Crippen molar-refractivity contribution in [3.63, 3.8) is 0 Å². The van der Waals surface area contributed by atoms with Crippen LogP contribution in [-0.4, -0.2) is 12.3 Å². The minimum absolute atomic E-state index is 0.0100. The molecule has 4 aliphatic rings. The van der Waals surface area contributed by atoms with Crippen LogP contribution < -0.4 is 31.1 Å². The summed E-state index contributed by atoms with van der Waals surface area (Å²) in [5.74, 6) is 0. The molecule has 12 rings (SSSR count). The summed E-state index contributed by atoms with van der Waals surface area (Å²) in [4.78, 5) is 7.85. The molecule has 264 valence electrons. The number of fused-ring (bicyclic) bond motifs is 11. The minimum Gasteiger partial charge on any atom is -0.335 e. The number of rotatable bonds is 4. The zero-order chi connectivity index (χ0) is 36.5. The Bertz CT molecular complexity index is 2810. The molecule has 2 atom stereocenters. The van der Waals surface area contributed by atoms with Crippen molar-refractivity contribution in [1.29, 1.82) is 0 Å². The lowest BCUT2D eigenvalue weighted by Gasteiger charge is -2.52. The summed E-state index contributed by atoms with van der Waals surface area (Å²) in [6.07, 6.45) is 4.98. The van der Waals surface area contributed by atoms with Gasteiger partial charge < -0.3 is 14.7 Å². The Balaban J connectivity index is 1.18. The van der Waals surface area contributed by atoms with E-state index in [1.807, 2.05) is 11.3 Å². The number of hydrogen-bond donors (Lipinski definition) is 0. The second-order valence-electron chi connectivity index (χ2n) is 16.4. The van der Waals surface area contributed by atoms with Crippen molar-refractivity contribution >= 4 is 100 Å². The average Bonchev–Trinajstić information content (AvgIpc) is 3.71. The van der Waals surface area contributed by atoms with E-state index < -0.39 is 0 Å². The average molecular weight is 726 g/mol. The molecule has 7 aromatic carbocycles. The lowest BCUT2D eigenvalue weighted by molar-refractivity contribution is 0.195. The number of nitrogens with zero attached hydrogens (tertiary/aromatic N) is 3. The van der Waals surface area contributed by atoms with Gasteiger partial charge in [0.05, 0.1) is 15.9 Å². The van der Waals surface area contributed by atoms with Gasteiger partial charge in [-0.3, -0.25) is 0 Å². The standard InChI is InChI=1S/C50H40BN3S/c1-49-30-13-14-31-50(49,2)54-41-23-11-10-22-39(41)51-40-28-26-35(52(33-16-5-3-6-17-33)34-18-7-4-8-19-34)32-44(40)53(42-29-27-38(49)47(54)46(42)51)43-24-15-21-37-36-20-9-12-25-45(36)55-48(37)43/h3-12,15-29,32H,13-14,30-31H2,1-2H3. The van der Waals surface area contributed by atoms with Crippen LogP contribution in [0.25, 0.3) is 20.2 Å². The second kappa shape index (κ2) is 11.4. The largest absolute Gasteiger partial charge is 0.335 e. The number of thiophene rings is 1. The van der Waals surface area contributed by atoms with E-state index >= 15 is 0 Å². The summed E-state index contributed by atoms with van der Waals surface area (Å²) in [5, 5.41) is 2.65. The molecule has 55 heavy (non-hydrogen) atoms. The third kappa shape index (κ3) is 4.12. The van der Waals surface area contributed by atoms with Gasteiger partial charge in [0.2, 0.25) is 0 Å². The molecular formula is C50H40BN3S. The molecule has 2 unspecified atom stereocenters. The molecule has 1 aliphatic carbocycles. The number of anilines is 8. The van der Waals surface area contributed by atoms with Crippen LogP contribution in [0.5, 0.6) is 0 Å². The first-order valence-electron chi connectivity index (χ1n) is 19.9. The van der Waals surface area contributed by atoms with Gasteiger partial charge in [0.1, 0.15) is 0 Å². The molecule has 1 saturated carbocycles. The van der Waals surface area contributed by atoms with Crippen molar-refractivity contribution in [1.82, 2.24) is 0 Å². The van der Waals surface area contributed by atoms with Gasteiger partial charge in [-0.2, -0.15) is 0 Å². The van der Waals surface area contributed by atoms with E-state index in [0.717, 1.165) is 17.1 Å². The van der Waals surface area contributed by atoms with Crippen molar-refractivity contribution < 1.29 is 0 Å². The highest BCUT2D eigenvalue weighted by molar-refractivity contribution is 7.26. The maximum absolute atomic E-state index is 2.82. The highest BCUT2D eigenvalue weighted by atomic mass is 32.1. The molecule has 8 aromatic rings. The Hall–Kier alpha value is -5.78. The lowest BCUT2D eigenvalue weighted by Crippen LogP contribution is -2.64. The van der Waals surface area contributed by atoms with Gasteiger partial charge in [-0.1, -0.05) is 117 Å². The zero-order valence-corrected chi connectivity index (χ0v) is 32.0. The Morgan fingerprint density at radius 2 is 1.24 bits per heavy atom. The van der Waals surface area contributed by atoms with Crippen LogP contribution in [0, 0.1) is 0 Å². The predicted octanol–water partition coefficient (Wildman–Crippen LogP) is 11.9. The Morgan fingerprint density at radius 3 is 2.05 bits per heavy atom. The first-order valence-corrected chi connectivity index (χ1v) is 20.7. The summed E-state index contributed by atoms with van der Waals surface area (Å²) >= 11 is 1.92. The molecule has 5 heteroatoms. The summed E-state index contributed by atoms with van der Waals surface area (Å²) in [6.45, 7) is 5.25. The van der Waals surface area contributed by atoms with Gasteiger partial charge in [0.25, 0.3) is 6.71 Å². The maximum Gasteiger partial charge on any atom is 0.252 e. The number of para-hydroxylation sites is 3. The van der Waals surface area contributed by atoms with E-state index in [-0.39, 0.29) is 17.7 Å². The summed E-state index contributed by atoms with van der Waals surface area (Å²) in [6, 6.07) is 59.1. The zero-order valence-electron chi connectivity index (χ0n) is 31.2. The van der Waals surface area contributed by atoms with Gasteiger partial charge >= 0.3 is 0 Å². The van der Waals surface area contributed by atoms with Crippen LogP contribution in [0.4, 0.5) is 45.5 Å². The van der Waals surface area contributed by atoms with Crippen molar-refractivity contribution in [2.75, 3.05) is 14.7 Å². The molecule has 0 radical (unpaired) electrons. The Morgan fingerprint density at radius 1 is 0.564 bits per heavy atom. The van der Waals surface area contributed by atoms with E-state index in [4.69, 9.17) is 0 Å². The molecule has 1 aromatic heterocycles. The van der Waals surface area contributed by atoms with Gasteiger partial charge in [0, 0.05) is 60.7 Å². The van der Waals surface area contributed by atoms with Crippen LogP contribution >= 0.6 is 11.3 Å². The van der Waals surface area contributed by atoms with Crippen molar-refractivity contribution in [2.45, 2.75) is 50.5 Å². The summed E-state index contributed by atoms with van der Waals surface area (Å²) in [5.41, 5.74) is 15.9. The summed E-state index contributed by atoms with van der Waals surface area (Å²) < 4.78 is 2.66. The number of benzene rings is 7. The Kier molecular flexibility index (Phi) is 6.53. The van der Waals surface area contributed by atoms with E-state index in [0.29, 0.717) is 0 Å². The number of hydrogen-bond acceptors (Lipinski definition) is 4. The van der Waals surface area contributed by atoms with E-state index in [2.05, 4.69) is 186 Å². The van der Waals surface area contributed by atoms with E-state index in [1.165, 1.54) is 96.2 Å². The topological polar surface area (TPSA) is 9.72 Å². The molecule has 0 bridgehead atoms. The van der Waals surface area contributed by atoms with Crippen LogP contribution in [0.15, 0.2) is 158 Å². The minimum atomic E-state index is 0.0100. The molecule has 3 nitrogen and oxygen atoms in total. The smallest absolute Gasteiger partial charge is 0.252 e. The van der Waals surface area contributed by atoms with Crippen molar-refractivity contribution in [3.05, 3.63) is 163 Å². The lowest BCUT2D eigenvalue weighted by atomic mass is 9.33. The first kappa shape index (κ1) is 31.6. The normalized spacial score (nSPS) is 20.3. The van der Waals surface area contributed by atoms with Crippen LogP contribution in [0.3, 0.4) is 0 Å². The monoisotopic (exact) mass is 725 g/mol. The quantitative estimate of drug-likeness (QED) is 0.167. The molecule has 0 N–H and O–H groups in total. The molecule has 1 fully saturated rings. The molecule has 3 aliphatic heterocycles. The van der Waals surface area contributed by atoms with Crippen molar-refractivity contribution in [2.24, 2.45) is 0 Å². The van der Waals surface area contributed by atoms with Gasteiger partial charge in [0.15, 0.2) is 0 Å². The maximum atomic E-state index is 2.82. The third-order valence-corrected chi connectivity index (χ3v) is 15.0. The fourth-order valence-electron chi connectivity index (χ4n) is 11.1. The molecule has 0 amide bonds. The Labute approximate surface area is 327 Å². The fourth-order valence-corrected chi connectivity index (χ4v) is 12.3. The van der Waals surface area contributed by atoms with Gasteiger partial charge in [-0.25, -0.2) is 0 Å². The second-order valence-corrected chi connectivity index (χ2v) is 17.4. The highest BCUT2D eigenvalue weighted by Crippen LogP contribution is 2.62. The van der Waals surface area contributed by atoms with Crippen LogP contribution in [0.1, 0.15) is 45.1 Å². The third-order valence-electron chi connectivity index (χ3n) is 13.8. The summed E-state index contributed by atoms with van der Waals surface area (Å²) in [7, 11) is 0. The molecule has 0 spiro atoms. The predicted molar refractivity (Wildman–Crippen MR) is 236 cm³/mol. The van der Waals surface area contributed by atoms with E-state index in [9.17, 15) is 0 Å². The highest BCUT2D eigenvalue weighted by Gasteiger charge is 2.61. The van der Waals surface area contributed by atoms with E-state index in [1.54, 1.807) is 0 Å².